The number of hydrogen-bond acceptors (Lipinski definition) is 5. The van der Waals surface area contributed by atoms with E-state index in [1.807, 2.05) is 30.3 Å². The average molecular weight is 559 g/mol. The number of pyridine rings is 1. The molecule has 1 aromatic heterocycles. The molecule has 6 nitrogen and oxygen atoms in total. The SMILES string of the molecule is Cl.Cl.Cl.O=S(=O)(NCCNCCNc1ccc(Br)cc1)c1cccc2cnccc12. The molecule has 3 aromatic rings. The van der Waals surface area contributed by atoms with E-state index in [1.165, 1.54) is 0 Å². The van der Waals surface area contributed by atoms with Crippen molar-refractivity contribution in [2.24, 2.45) is 0 Å². The summed E-state index contributed by atoms with van der Waals surface area (Å²) in [7, 11) is -3.56. The van der Waals surface area contributed by atoms with E-state index in [-0.39, 0.29) is 42.1 Å². The van der Waals surface area contributed by atoms with Gasteiger partial charge in [0.1, 0.15) is 0 Å². The summed E-state index contributed by atoms with van der Waals surface area (Å²) in [5.41, 5.74) is 1.05. The molecule has 0 saturated heterocycles. The third kappa shape index (κ3) is 8.19. The van der Waals surface area contributed by atoms with E-state index < -0.39 is 10.0 Å². The largest absolute Gasteiger partial charge is 0.384 e. The first kappa shape index (κ1) is 28.9. The molecule has 0 unspecified atom stereocenters. The summed E-state index contributed by atoms with van der Waals surface area (Å²) in [4.78, 5) is 4.31. The lowest BCUT2D eigenvalue weighted by molar-refractivity contribution is 0.577. The van der Waals surface area contributed by atoms with Gasteiger partial charge in [-0.15, -0.1) is 37.2 Å². The van der Waals surface area contributed by atoms with Gasteiger partial charge < -0.3 is 10.6 Å². The first-order valence-electron chi connectivity index (χ1n) is 8.59. The van der Waals surface area contributed by atoms with Crippen LogP contribution in [0.4, 0.5) is 5.69 Å². The Bertz CT molecular complexity index is 1000. The van der Waals surface area contributed by atoms with E-state index in [1.54, 1.807) is 30.6 Å². The van der Waals surface area contributed by atoms with Crippen molar-refractivity contribution in [3.05, 3.63) is 65.4 Å². The van der Waals surface area contributed by atoms with Crippen LogP contribution in [-0.4, -0.2) is 39.6 Å². The van der Waals surface area contributed by atoms with Crippen LogP contribution in [0, 0.1) is 0 Å². The minimum absolute atomic E-state index is 0. The van der Waals surface area contributed by atoms with Gasteiger partial charge in [0, 0.05) is 59.5 Å². The number of benzene rings is 2. The summed E-state index contributed by atoms with van der Waals surface area (Å²) in [6.45, 7) is 2.36. The van der Waals surface area contributed by atoms with Gasteiger partial charge >= 0.3 is 0 Å². The second-order valence-corrected chi connectivity index (χ2v) is 8.59. The van der Waals surface area contributed by atoms with Crippen molar-refractivity contribution in [2.45, 2.75) is 4.90 Å². The normalized spacial score (nSPS) is 10.4. The Kier molecular flexibility index (Phi) is 13.5. The fourth-order valence-electron chi connectivity index (χ4n) is 2.67. The van der Waals surface area contributed by atoms with Crippen molar-refractivity contribution < 1.29 is 8.42 Å². The molecule has 0 aliphatic carbocycles. The maximum atomic E-state index is 12.6. The van der Waals surface area contributed by atoms with Crippen LogP contribution >= 0.6 is 53.2 Å². The van der Waals surface area contributed by atoms with Crippen LogP contribution in [-0.2, 0) is 10.0 Å². The quantitative estimate of drug-likeness (QED) is 0.342. The van der Waals surface area contributed by atoms with Gasteiger partial charge in [-0.1, -0.05) is 28.1 Å². The van der Waals surface area contributed by atoms with Crippen LogP contribution in [0.3, 0.4) is 0 Å². The van der Waals surface area contributed by atoms with Crippen molar-refractivity contribution in [2.75, 3.05) is 31.5 Å². The molecule has 3 N–H and O–H groups in total. The third-order valence-electron chi connectivity index (χ3n) is 4.00. The zero-order valence-electron chi connectivity index (χ0n) is 15.9. The zero-order valence-corrected chi connectivity index (χ0v) is 20.7. The van der Waals surface area contributed by atoms with Gasteiger partial charge in [-0.3, -0.25) is 4.98 Å². The Hall–Kier alpha value is -1.13. The molecule has 0 aliphatic heterocycles. The van der Waals surface area contributed by atoms with E-state index >= 15 is 0 Å². The number of aromatic nitrogens is 1. The van der Waals surface area contributed by atoms with Crippen LogP contribution < -0.4 is 15.4 Å². The van der Waals surface area contributed by atoms with Crippen molar-refractivity contribution >= 4 is 79.6 Å². The Balaban J connectivity index is 0.00000280. The number of rotatable bonds is 9. The molecule has 0 aliphatic rings. The highest BCUT2D eigenvalue weighted by atomic mass is 79.9. The van der Waals surface area contributed by atoms with E-state index in [0.29, 0.717) is 18.5 Å². The molecule has 30 heavy (non-hydrogen) atoms. The fraction of sp³-hybridized carbons (Fsp3) is 0.211. The smallest absolute Gasteiger partial charge is 0.241 e. The van der Waals surface area contributed by atoms with Gasteiger partial charge in [0.15, 0.2) is 0 Å². The highest BCUT2D eigenvalue weighted by Crippen LogP contribution is 2.21. The van der Waals surface area contributed by atoms with Gasteiger partial charge in [-0.25, -0.2) is 13.1 Å². The molecule has 166 valence electrons. The molecule has 0 saturated carbocycles. The monoisotopic (exact) mass is 556 g/mol. The zero-order chi connectivity index (χ0) is 19.1. The minimum Gasteiger partial charge on any atom is -0.384 e. The summed E-state index contributed by atoms with van der Waals surface area (Å²) in [5.74, 6) is 0. The molecule has 0 amide bonds. The van der Waals surface area contributed by atoms with Crippen molar-refractivity contribution in [3.8, 4) is 0 Å². The van der Waals surface area contributed by atoms with E-state index in [4.69, 9.17) is 0 Å². The Morgan fingerprint density at radius 2 is 1.57 bits per heavy atom. The Morgan fingerprint density at radius 3 is 2.30 bits per heavy atom. The summed E-state index contributed by atoms with van der Waals surface area (Å²) in [6, 6.07) is 14.9. The van der Waals surface area contributed by atoms with Crippen LogP contribution in [0.25, 0.3) is 10.8 Å². The first-order valence-corrected chi connectivity index (χ1v) is 10.9. The van der Waals surface area contributed by atoms with Crippen molar-refractivity contribution in [1.29, 1.82) is 0 Å². The van der Waals surface area contributed by atoms with E-state index in [0.717, 1.165) is 28.6 Å². The predicted octanol–water partition coefficient (Wildman–Crippen LogP) is 4.24. The summed E-state index contributed by atoms with van der Waals surface area (Å²) in [6.07, 6.45) is 3.26. The molecular weight excluding hydrogens is 535 g/mol. The second kappa shape index (κ2) is 14.0. The van der Waals surface area contributed by atoms with Gasteiger partial charge in [-0.05, 0) is 36.4 Å². The summed E-state index contributed by atoms with van der Waals surface area (Å²) >= 11 is 3.40. The van der Waals surface area contributed by atoms with Gasteiger partial charge in [0.25, 0.3) is 0 Å². The molecule has 0 fully saturated rings. The number of nitrogens with one attached hydrogen (secondary N) is 3. The molecule has 0 spiro atoms. The summed E-state index contributed by atoms with van der Waals surface area (Å²) < 4.78 is 28.8. The minimum atomic E-state index is -3.56. The van der Waals surface area contributed by atoms with Crippen molar-refractivity contribution in [3.63, 3.8) is 0 Å². The molecule has 3 rings (SSSR count). The molecule has 0 bridgehead atoms. The number of sulfonamides is 1. The number of halogens is 4. The lowest BCUT2D eigenvalue weighted by Crippen LogP contribution is -2.33. The Labute approximate surface area is 204 Å². The standard InChI is InChI=1S/C19H21BrN4O2S.3ClH/c20-16-4-6-17(7-5-16)23-12-10-21-11-13-24-27(25,26)19-3-1-2-15-14-22-9-8-18(15)19;;;/h1-9,14,21,23-24H,10-13H2;3*1H. The molecule has 2 aromatic carbocycles. The highest BCUT2D eigenvalue weighted by Gasteiger charge is 2.16. The summed E-state index contributed by atoms with van der Waals surface area (Å²) in [5, 5.41) is 7.99. The Morgan fingerprint density at radius 1 is 0.867 bits per heavy atom. The molecular formula is C19H24BrCl3N4O2S. The number of fused-ring (bicyclic) bond motifs is 1. The van der Waals surface area contributed by atoms with Crippen LogP contribution in [0.2, 0.25) is 0 Å². The lowest BCUT2D eigenvalue weighted by Gasteiger charge is -2.11. The predicted molar refractivity (Wildman–Crippen MR) is 134 cm³/mol. The van der Waals surface area contributed by atoms with Crippen LogP contribution in [0.5, 0.6) is 0 Å². The van der Waals surface area contributed by atoms with E-state index in [9.17, 15) is 8.42 Å². The van der Waals surface area contributed by atoms with Gasteiger partial charge in [0.05, 0.1) is 4.90 Å². The molecule has 1 heterocycles. The van der Waals surface area contributed by atoms with Crippen LogP contribution in [0.15, 0.2) is 70.3 Å². The second-order valence-electron chi connectivity index (χ2n) is 5.93. The number of nitrogens with zero attached hydrogens (tertiary/aromatic N) is 1. The van der Waals surface area contributed by atoms with Gasteiger partial charge in [0.2, 0.25) is 10.0 Å². The van der Waals surface area contributed by atoms with E-state index in [2.05, 4.69) is 36.3 Å². The average Bonchev–Trinajstić information content (AvgIpc) is 2.68. The highest BCUT2D eigenvalue weighted by molar-refractivity contribution is 9.10. The molecule has 11 heteroatoms. The number of hydrogen-bond donors (Lipinski definition) is 3. The topological polar surface area (TPSA) is 83.1 Å². The van der Waals surface area contributed by atoms with Crippen molar-refractivity contribution in [1.82, 2.24) is 15.0 Å². The first-order chi connectivity index (χ1) is 13.1. The van der Waals surface area contributed by atoms with Gasteiger partial charge in [-0.2, -0.15) is 0 Å². The number of anilines is 1. The molecule has 0 radical (unpaired) electrons. The lowest BCUT2D eigenvalue weighted by atomic mass is 10.2. The van der Waals surface area contributed by atoms with Crippen LogP contribution in [0.1, 0.15) is 0 Å². The molecule has 0 atom stereocenters. The maximum Gasteiger partial charge on any atom is 0.241 e. The third-order valence-corrected chi connectivity index (χ3v) is 6.05. The maximum absolute atomic E-state index is 12.6. The fourth-order valence-corrected chi connectivity index (χ4v) is 4.19.